The minimum absolute atomic E-state index is 0.593. The van der Waals surface area contributed by atoms with Crippen LogP contribution < -0.4 is 5.32 Å². The first-order chi connectivity index (χ1) is 10.1. The van der Waals surface area contributed by atoms with E-state index in [0.29, 0.717) is 6.04 Å². The monoisotopic (exact) mass is 289 g/mol. The molecule has 1 saturated heterocycles. The molecule has 2 rings (SSSR count). The molecule has 118 valence electrons. The van der Waals surface area contributed by atoms with Crippen LogP contribution in [-0.2, 0) is 6.54 Å². The lowest BCUT2D eigenvalue weighted by molar-refractivity contribution is 0.114. The molecular weight excluding hydrogens is 258 g/mol. The van der Waals surface area contributed by atoms with Crippen molar-refractivity contribution in [2.75, 3.05) is 39.3 Å². The summed E-state index contributed by atoms with van der Waals surface area (Å²) < 4.78 is 0. The van der Waals surface area contributed by atoms with Crippen LogP contribution in [0.4, 0.5) is 0 Å². The first kappa shape index (κ1) is 16.5. The van der Waals surface area contributed by atoms with Crippen molar-refractivity contribution in [2.24, 2.45) is 5.92 Å². The highest BCUT2D eigenvalue weighted by Crippen LogP contribution is 2.09. The average molecular weight is 289 g/mol. The number of benzene rings is 1. The fourth-order valence-corrected chi connectivity index (χ4v) is 2.91. The third-order valence-corrected chi connectivity index (χ3v) is 4.16. The van der Waals surface area contributed by atoms with Gasteiger partial charge in [0.2, 0.25) is 0 Å². The Labute approximate surface area is 130 Å². The summed E-state index contributed by atoms with van der Waals surface area (Å²) in [6, 6.07) is 11.4. The summed E-state index contributed by atoms with van der Waals surface area (Å²) in [5.41, 5.74) is 1.43. The molecule has 0 amide bonds. The maximum absolute atomic E-state index is 3.54. The predicted octanol–water partition coefficient (Wildman–Crippen LogP) is 2.44. The third kappa shape index (κ3) is 6.16. The average Bonchev–Trinajstić information content (AvgIpc) is 2.48. The maximum Gasteiger partial charge on any atom is 0.0234 e. The summed E-state index contributed by atoms with van der Waals surface area (Å²) in [6.45, 7) is 15.0. The molecular formula is C18H31N3. The molecule has 1 aliphatic heterocycles. The number of hydrogen-bond donors (Lipinski definition) is 1. The van der Waals surface area contributed by atoms with Crippen LogP contribution in [0.1, 0.15) is 26.3 Å². The highest BCUT2D eigenvalue weighted by molar-refractivity contribution is 5.14. The summed E-state index contributed by atoms with van der Waals surface area (Å²) in [4.78, 5) is 5.19. The van der Waals surface area contributed by atoms with E-state index in [9.17, 15) is 0 Å². The lowest BCUT2D eigenvalue weighted by Gasteiger charge is -2.36. The molecule has 1 aliphatic rings. The molecule has 0 saturated carbocycles. The summed E-state index contributed by atoms with van der Waals surface area (Å²) in [6.07, 6.45) is 0. The van der Waals surface area contributed by atoms with Gasteiger partial charge in [0, 0.05) is 45.3 Å². The Bertz CT molecular complexity index is 383. The van der Waals surface area contributed by atoms with Crippen LogP contribution in [0.5, 0.6) is 0 Å². The topological polar surface area (TPSA) is 18.5 Å². The Morgan fingerprint density at radius 1 is 0.952 bits per heavy atom. The van der Waals surface area contributed by atoms with E-state index in [0.717, 1.165) is 19.0 Å². The van der Waals surface area contributed by atoms with Gasteiger partial charge in [-0.25, -0.2) is 0 Å². The van der Waals surface area contributed by atoms with Gasteiger partial charge < -0.3 is 10.2 Å². The van der Waals surface area contributed by atoms with Crippen molar-refractivity contribution in [3.8, 4) is 0 Å². The van der Waals surface area contributed by atoms with E-state index >= 15 is 0 Å². The second kappa shape index (κ2) is 8.52. The zero-order chi connectivity index (χ0) is 15.1. The molecule has 0 radical (unpaired) electrons. The summed E-state index contributed by atoms with van der Waals surface area (Å²) in [5.74, 6) is 0.730. The van der Waals surface area contributed by atoms with Crippen molar-refractivity contribution in [1.29, 1.82) is 0 Å². The number of piperazine rings is 1. The number of nitrogens with zero attached hydrogens (tertiary/aromatic N) is 2. The maximum atomic E-state index is 3.54. The van der Waals surface area contributed by atoms with Crippen LogP contribution in [0.15, 0.2) is 30.3 Å². The summed E-state index contributed by atoms with van der Waals surface area (Å²) in [7, 11) is 0. The van der Waals surface area contributed by atoms with Gasteiger partial charge in [0.15, 0.2) is 0 Å². The van der Waals surface area contributed by atoms with Crippen molar-refractivity contribution in [3.05, 3.63) is 35.9 Å². The smallest absolute Gasteiger partial charge is 0.0234 e. The molecule has 0 spiro atoms. The Balaban J connectivity index is 1.66. The normalized spacial score (nSPS) is 19.0. The molecule has 1 heterocycles. The number of hydrogen-bond acceptors (Lipinski definition) is 3. The largest absolute Gasteiger partial charge is 0.314 e. The first-order valence-corrected chi connectivity index (χ1v) is 8.35. The standard InChI is InChI=1S/C18H31N3/c1-16(2)19-13-17(3)14-20-9-11-21(12-10-20)15-18-7-5-4-6-8-18/h4-8,16-17,19H,9-15H2,1-3H3. The highest BCUT2D eigenvalue weighted by Gasteiger charge is 2.18. The highest BCUT2D eigenvalue weighted by atomic mass is 15.3. The van der Waals surface area contributed by atoms with Gasteiger partial charge in [-0.05, 0) is 18.0 Å². The van der Waals surface area contributed by atoms with Gasteiger partial charge in [-0.15, -0.1) is 0 Å². The molecule has 1 aromatic rings. The SMILES string of the molecule is CC(CNC(C)C)CN1CCN(Cc2ccccc2)CC1. The minimum atomic E-state index is 0.593. The van der Waals surface area contributed by atoms with E-state index in [-0.39, 0.29) is 0 Å². The summed E-state index contributed by atoms with van der Waals surface area (Å²) >= 11 is 0. The molecule has 3 heteroatoms. The lowest BCUT2D eigenvalue weighted by atomic mass is 10.1. The van der Waals surface area contributed by atoms with E-state index in [1.807, 2.05) is 0 Å². The van der Waals surface area contributed by atoms with Crippen LogP contribution in [0, 0.1) is 5.92 Å². The van der Waals surface area contributed by atoms with Gasteiger partial charge in [-0.1, -0.05) is 51.1 Å². The molecule has 1 fully saturated rings. The number of rotatable bonds is 7. The molecule has 1 unspecified atom stereocenters. The number of nitrogens with one attached hydrogen (secondary N) is 1. The Kier molecular flexibility index (Phi) is 6.68. The third-order valence-electron chi connectivity index (χ3n) is 4.16. The van der Waals surface area contributed by atoms with E-state index in [1.54, 1.807) is 0 Å². The zero-order valence-electron chi connectivity index (χ0n) is 13.9. The second-order valence-corrected chi connectivity index (χ2v) is 6.73. The zero-order valence-corrected chi connectivity index (χ0v) is 13.9. The molecule has 1 N–H and O–H groups in total. The van der Waals surface area contributed by atoms with E-state index in [1.165, 1.54) is 38.3 Å². The van der Waals surface area contributed by atoms with E-state index < -0.39 is 0 Å². The molecule has 0 bridgehead atoms. The molecule has 0 aromatic heterocycles. The minimum Gasteiger partial charge on any atom is -0.314 e. The van der Waals surface area contributed by atoms with Crippen LogP contribution in [0.2, 0.25) is 0 Å². The van der Waals surface area contributed by atoms with Gasteiger partial charge in [0.1, 0.15) is 0 Å². The van der Waals surface area contributed by atoms with Gasteiger partial charge in [0.05, 0.1) is 0 Å². The van der Waals surface area contributed by atoms with Crippen LogP contribution >= 0.6 is 0 Å². The van der Waals surface area contributed by atoms with Crippen molar-refractivity contribution in [2.45, 2.75) is 33.4 Å². The molecule has 3 nitrogen and oxygen atoms in total. The van der Waals surface area contributed by atoms with Crippen molar-refractivity contribution in [3.63, 3.8) is 0 Å². The molecule has 0 aliphatic carbocycles. The van der Waals surface area contributed by atoms with Gasteiger partial charge in [-0.3, -0.25) is 4.90 Å². The van der Waals surface area contributed by atoms with E-state index in [2.05, 4.69) is 66.2 Å². The lowest BCUT2D eigenvalue weighted by Crippen LogP contribution is -2.48. The molecule has 21 heavy (non-hydrogen) atoms. The summed E-state index contributed by atoms with van der Waals surface area (Å²) in [5, 5.41) is 3.54. The van der Waals surface area contributed by atoms with Crippen molar-refractivity contribution < 1.29 is 0 Å². The van der Waals surface area contributed by atoms with Crippen molar-refractivity contribution in [1.82, 2.24) is 15.1 Å². The molecule has 1 atom stereocenters. The Morgan fingerprint density at radius 3 is 2.19 bits per heavy atom. The fraction of sp³-hybridized carbons (Fsp3) is 0.667. The van der Waals surface area contributed by atoms with Crippen LogP contribution in [0.25, 0.3) is 0 Å². The quantitative estimate of drug-likeness (QED) is 0.832. The second-order valence-electron chi connectivity index (χ2n) is 6.73. The van der Waals surface area contributed by atoms with Gasteiger partial charge in [0.25, 0.3) is 0 Å². The molecule has 1 aromatic carbocycles. The predicted molar refractivity (Wildman–Crippen MR) is 90.5 cm³/mol. The Morgan fingerprint density at radius 2 is 1.57 bits per heavy atom. The van der Waals surface area contributed by atoms with E-state index in [4.69, 9.17) is 0 Å². The van der Waals surface area contributed by atoms with Crippen molar-refractivity contribution >= 4 is 0 Å². The van der Waals surface area contributed by atoms with Gasteiger partial charge in [-0.2, -0.15) is 0 Å². The first-order valence-electron chi connectivity index (χ1n) is 8.35. The van der Waals surface area contributed by atoms with Crippen LogP contribution in [-0.4, -0.2) is 55.1 Å². The van der Waals surface area contributed by atoms with Crippen LogP contribution in [0.3, 0.4) is 0 Å². The van der Waals surface area contributed by atoms with Gasteiger partial charge >= 0.3 is 0 Å². The Hall–Kier alpha value is -0.900. The fourth-order valence-electron chi connectivity index (χ4n) is 2.91.